The number of fused-ring (bicyclic) bond motifs is 1. The van der Waals surface area contributed by atoms with Crippen LogP contribution in [0.25, 0.3) is 0 Å². The molecule has 30 heavy (non-hydrogen) atoms. The Labute approximate surface area is 195 Å². The van der Waals surface area contributed by atoms with E-state index in [0.29, 0.717) is 25.7 Å². The van der Waals surface area contributed by atoms with Crippen LogP contribution in [-0.4, -0.2) is 66.3 Å². The van der Waals surface area contributed by atoms with Crippen LogP contribution in [0.15, 0.2) is 23.2 Å². The van der Waals surface area contributed by atoms with Gasteiger partial charge in [0.05, 0.1) is 11.9 Å². The van der Waals surface area contributed by atoms with Crippen molar-refractivity contribution < 1.29 is 22.6 Å². The quantitative estimate of drug-likeness (QED) is 0.239. The van der Waals surface area contributed by atoms with E-state index in [2.05, 4.69) is 20.3 Å². The Morgan fingerprint density at radius 1 is 1.17 bits per heavy atom. The van der Waals surface area contributed by atoms with Crippen molar-refractivity contribution in [1.29, 1.82) is 0 Å². The highest BCUT2D eigenvalue weighted by atomic mass is 127. The van der Waals surface area contributed by atoms with Gasteiger partial charge >= 0.3 is 0 Å². The summed E-state index contributed by atoms with van der Waals surface area (Å²) >= 11 is 0. The lowest BCUT2D eigenvalue weighted by atomic mass is 10.1. The van der Waals surface area contributed by atoms with Gasteiger partial charge in [0.15, 0.2) is 17.5 Å². The molecule has 1 aromatic rings. The lowest BCUT2D eigenvalue weighted by Gasteiger charge is -2.22. The van der Waals surface area contributed by atoms with Gasteiger partial charge in [0.1, 0.15) is 0 Å². The predicted molar refractivity (Wildman–Crippen MR) is 126 cm³/mol. The van der Waals surface area contributed by atoms with Crippen LogP contribution in [0.4, 0.5) is 0 Å². The molecule has 0 spiro atoms. The molecule has 0 aromatic heterocycles. The summed E-state index contributed by atoms with van der Waals surface area (Å²) in [6, 6.07) is 5.87. The van der Waals surface area contributed by atoms with Crippen LogP contribution >= 0.6 is 24.0 Å². The third-order valence-electron chi connectivity index (χ3n) is 4.83. The van der Waals surface area contributed by atoms with Crippen LogP contribution in [-0.2, 0) is 21.2 Å². The minimum atomic E-state index is -3.36. The van der Waals surface area contributed by atoms with Crippen molar-refractivity contribution >= 4 is 40.0 Å². The highest BCUT2D eigenvalue weighted by Crippen LogP contribution is 2.32. The maximum Gasteiger partial charge on any atom is 0.231 e. The molecule has 0 radical (unpaired) electrons. The molecule has 3 rings (SSSR count). The second-order valence-electron chi connectivity index (χ2n) is 7.02. The minimum Gasteiger partial charge on any atom is -0.454 e. The topological polar surface area (TPSA) is 110 Å². The van der Waals surface area contributed by atoms with E-state index in [-0.39, 0.29) is 49.2 Å². The molecule has 1 unspecified atom stereocenters. The molecule has 2 aliphatic heterocycles. The Balaban J connectivity index is 0.00000320. The molecular weight excluding hydrogens is 523 g/mol. The average molecular weight is 554 g/mol. The monoisotopic (exact) mass is 554 g/mol. The number of aliphatic imine (C=N–C) groups is 1. The lowest BCUT2D eigenvalue weighted by Crippen LogP contribution is -2.43. The van der Waals surface area contributed by atoms with Gasteiger partial charge in [-0.15, -0.1) is 24.0 Å². The number of benzene rings is 1. The number of guanidine groups is 1. The van der Waals surface area contributed by atoms with Gasteiger partial charge < -0.3 is 24.8 Å². The van der Waals surface area contributed by atoms with Crippen molar-refractivity contribution in [3.05, 3.63) is 23.8 Å². The standard InChI is InChI=1S/C19H30N4O5S.HI/c1-20-19(21-8-7-15-5-6-17-18(12-15)28-14-27-17)22-9-11-29(24,25)23-13-16-4-2-3-10-26-16;/h5-6,12,16,23H,2-4,7-11,13-14H2,1H3,(H2,20,21,22);1H. The molecule has 2 heterocycles. The van der Waals surface area contributed by atoms with Gasteiger partial charge in [-0.1, -0.05) is 6.07 Å². The molecule has 1 atom stereocenters. The van der Waals surface area contributed by atoms with E-state index in [1.54, 1.807) is 7.05 Å². The molecule has 1 fully saturated rings. The second kappa shape index (κ2) is 12.5. The Kier molecular flexibility index (Phi) is 10.4. The third-order valence-corrected chi connectivity index (χ3v) is 6.18. The number of hydrogen-bond acceptors (Lipinski definition) is 6. The Hall–Kier alpha value is -1.31. The maximum absolute atomic E-state index is 12.1. The molecule has 170 valence electrons. The molecule has 0 amide bonds. The van der Waals surface area contributed by atoms with Crippen molar-refractivity contribution in [3.63, 3.8) is 0 Å². The molecule has 3 N–H and O–H groups in total. The van der Waals surface area contributed by atoms with Gasteiger partial charge in [0.25, 0.3) is 0 Å². The van der Waals surface area contributed by atoms with E-state index in [1.807, 2.05) is 18.2 Å². The number of halogens is 1. The number of rotatable bonds is 9. The molecule has 1 saturated heterocycles. The number of ether oxygens (including phenoxy) is 3. The Bertz CT molecular complexity index is 800. The van der Waals surface area contributed by atoms with Crippen LogP contribution in [0.3, 0.4) is 0 Å². The molecule has 11 heteroatoms. The fraction of sp³-hybridized carbons (Fsp3) is 0.632. The average Bonchev–Trinajstić information content (AvgIpc) is 3.20. The SMILES string of the molecule is CN=C(NCCc1ccc2c(c1)OCO2)NCCS(=O)(=O)NCC1CCCCO1.I. The molecule has 0 aliphatic carbocycles. The van der Waals surface area contributed by atoms with Crippen molar-refractivity contribution in [1.82, 2.24) is 15.4 Å². The first-order valence-electron chi connectivity index (χ1n) is 9.98. The van der Waals surface area contributed by atoms with Crippen molar-refractivity contribution in [2.75, 3.05) is 45.8 Å². The maximum atomic E-state index is 12.1. The summed E-state index contributed by atoms with van der Waals surface area (Å²) in [4.78, 5) is 4.13. The molecule has 2 aliphatic rings. The summed E-state index contributed by atoms with van der Waals surface area (Å²) in [6.45, 7) is 2.24. The van der Waals surface area contributed by atoms with Crippen LogP contribution < -0.4 is 24.8 Å². The summed E-state index contributed by atoms with van der Waals surface area (Å²) < 4.78 is 43.2. The van der Waals surface area contributed by atoms with Gasteiger partial charge in [-0.25, -0.2) is 13.1 Å². The molecule has 0 saturated carbocycles. The van der Waals surface area contributed by atoms with Crippen LogP contribution in [0.5, 0.6) is 11.5 Å². The number of nitrogens with one attached hydrogen (secondary N) is 3. The summed E-state index contributed by atoms with van der Waals surface area (Å²) in [5.74, 6) is 2.07. The summed E-state index contributed by atoms with van der Waals surface area (Å²) in [7, 11) is -1.70. The van der Waals surface area contributed by atoms with Gasteiger partial charge in [-0.05, 0) is 43.4 Å². The van der Waals surface area contributed by atoms with E-state index in [4.69, 9.17) is 14.2 Å². The van der Waals surface area contributed by atoms with E-state index in [9.17, 15) is 8.42 Å². The van der Waals surface area contributed by atoms with Gasteiger partial charge in [0, 0.05) is 33.3 Å². The molecule has 0 bridgehead atoms. The first-order chi connectivity index (χ1) is 14.1. The highest BCUT2D eigenvalue weighted by molar-refractivity contribution is 14.0. The fourth-order valence-electron chi connectivity index (χ4n) is 3.21. The van der Waals surface area contributed by atoms with Crippen molar-refractivity contribution in [3.8, 4) is 11.5 Å². The summed E-state index contributed by atoms with van der Waals surface area (Å²) in [6.07, 6.45) is 3.80. The van der Waals surface area contributed by atoms with E-state index >= 15 is 0 Å². The van der Waals surface area contributed by atoms with E-state index in [1.165, 1.54) is 0 Å². The number of nitrogens with zero attached hydrogens (tertiary/aromatic N) is 1. The smallest absolute Gasteiger partial charge is 0.231 e. The third kappa shape index (κ3) is 8.08. The van der Waals surface area contributed by atoms with Crippen LogP contribution in [0.1, 0.15) is 24.8 Å². The number of hydrogen-bond donors (Lipinski definition) is 3. The van der Waals surface area contributed by atoms with E-state index < -0.39 is 10.0 Å². The Morgan fingerprint density at radius 3 is 2.73 bits per heavy atom. The van der Waals surface area contributed by atoms with Gasteiger partial charge in [0.2, 0.25) is 16.8 Å². The first kappa shape index (κ1) is 25.0. The Morgan fingerprint density at radius 2 is 1.97 bits per heavy atom. The molecular formula is C19H31IN4O5S. The zero-order valence-electron chi connectivity index (χ0n) is 17.2. The summed E-state index contributed by atoms with van der Waals surface area (Å²) in [5, 5.41) is 6.22. The first-order valence-corrected chi connectivity index (χ1v) is 11.6. The largest absolute Gasteiger partial charge is 0.454 e. The highest BCUT2D eigenvalue weighted by Gasteiger charge is 2.17. The zero-order valence-corrected chi connectivity index (χ0v) is 20.3. The van der Waals surface area contributed by atoms with E-state index in [0.717, 1.165) is 42.7 Å². The fourth-order valence-corrected chi connectivity index (χ4v) is 4.16. The van der Waals surface area contributed by atoms with Gasteiger partial charge in [-0.2, -0.15) is 0 Å². The molecule has 1 aromatic carbocycles. The minimum absolute atomic E-state index is 0. The van der Waals surface area contributed by atoms with Gasteiger partial charge in [-0.3, -0.25) is 4.99 Å². The van der Waals surface area contributed by atoms with Crippen molar-refractivity contribution in [2.45, 2.75) is 31.8 Å². The molecule has 9 nitrogen and oxygen atoms in total. The zero-order chi connectivity index (χ0) is 20.5. The lowest BCUT2D eigenvalue weighted by molar-refractivity contribution is 0.0200. The van der Waals surface area contributed by atoms with Crippen LogP contribution in [0.2, 0.25) is 0 Å². The second-order valence-corrected chi connectivity index (χ2v) is 8.95. The normalized spacial score (nSPS) is 18.6. The van der Waals surface area contributed by atoms with Crippen molar-refractivity contribution in [2.24, 2.45) is 4.99 Å². The number of sulfonamides is 1. The predicted octanol–water partition coefficient (Wildman–Crippen LogP) is 1.23. The summed E-state index contributed by atoms with van der Waals surface area (Å²) in [5.41, 5.74) is 1.12. The van der Waals surface area contributed by atoms with Crippen LogP contribution in [0, 0.1) is 0 Å².